The monoisotopic (exact) mass is 447 g/mol. The molecule has 0 radical (unpaired) electrons. The third kappa shape index (κ3) is 3.75. The van der Waals surface area contributed by atoms with Crippen molar-refractivity contribution in [2.24, 2.45) is 5.92 Å². The number of carboxylic acid groups (broad SMARTS) is 1. The van der Waals surface area contributed by atoms with E-state index in [4.69, 9.17) is 4.18 Å². The predicted octanol–water partition coefficient (Wildman–Crippen LogP) is -0.537. The van der Waals surface area contributed by atoms with E-state index in [1.807, 2.05) is 0 Å². The van der Waals surface area contributed by atoms with E-state index in [-0.39, 0.29) is 59.9 Å². The summed E-state index contributed by atoms with van der Waals surface area (Å²) in [6.45, 7) is 0.130. The number of benzene rings is 1. The first kappa shape index (κ1) is 22.4. The number of nitrogens with zero attached hydrogens (tertiary/aromatic N) is 2. The number of likely N-dealkylation sites (tertiary alicyclic amines) is 1. The minimum atomic E-state index is -3.99. The van der Waals surface area contributed by atoms with E-state index >= 15 is 0 Å². The van der Waals surface area contributed by atoms with Crippen LogP contribution in [0.4, 0.5) is 10.5 Å². The number of hydrogen-bond donors (Lipinski definition) is 3. The molecule has 3 amide bonds. The topological polar surface area (TPSA) is 154 Å². The second kappa shape index (κ2) is 7.76. The molecule has 0 spiro atoms. The fourth-order valence-corrected chi connectivity index (χ4v) is 4.61. The molecule has 3 aliphatic rings. The van der Waals surface area contributed by atoms with E-state index in [0.29, 0.717) is 5.69 Å². The number of aliphatic carboxylic acids is 1. The van der Waals surface area contributed by atoms with Crippen LogP contribution < -0.4 is 5.32 Å². The number of phenolic OH excluding ortho intramolecular Hbond substituents is 1. The number of anilines is 1. The van der Waals surface area contributed by atoms with E-state index in [2.05, 4.69) is 5.32 Å². The SMILES string of the molecule is CS(=O)(=O)OC1=C(C(=O)O)N2C(=O)[C@@H]3[C@H]2[C@H](C1)CN3C(=O)Nc1ccc(O)cc1.[NaH]. The number of β-lactam (4-membered cyclic amide) rings is 1. The zero-order valence-corrected chi connectivity index (χ0v) is 15.9. The molecule has 0 unspecified atom stereocenters. The average molecular weight is 447 g/mol. The molecule has 1 aromatic carbocycles. The summed E-state index contributed by atoms with van der Waals surface area (Å²) in [5.74, 6) is -2.71. The summed E-state index contributed by atoms with van der Waals surface area (Å²) < 4.78 is 27.9. The van der Waals surface area contributed by atoms with Crippen molar-refractivity contribution in [3.05, 3.63) is 35.7 Å². The predicted molar refractivity (Wildman–Crippen MR) is 104 cm³/mol. The third-order valence-corrected chi connectivity index (χ3v) is 5.65. The molecule has 2 fully saturated rings. The Morgan fingerprint density at radius 1 is 1.23 bits per heavy atom. The van der Waals surface area contributed by atoms with Gasteiger partial charge in [0.05, 0.1) is 12.3 Å². The number of amides is 3. The summed E-state index contributed by atoms with van der Waals surface area (Å²) >= 11 is 0. The Hall–Kier alpha value is -2.28. The van der Waals surface area contributed by atoms with E-state index < -0.39 is 45.8 Å². The summed E-state index contributed by atoms with van der Waals surface area (Å²) in [5, 5.41) is 21.4. The molecule has 1 aromatic rings. The molecule has 0 saturated carbocycles. The third-order valence-electron chi connectivity index (χ3n) is 5.15. The number of phenols is 1. The van der Waals surface area contributed by atoms with Crippen LogP contribution in [-0.2, 0) is 23.9 Å². The van der Waals surface area contributed by atoms with Gasteiger partial charge in [-0.2, -0.15) is 8.42 Å². The number of nitrogens with one attached hydrogen (secondary N) is 1. The number of hydrogen-bond acceptors (Lipinski definition) is 7. The summed E-state index contributed by atoms with van der Waals surface area (Å²) in [6.07, 6.45) is 0.765. The van der Waals surface area contributed by atoms with Crippen molar-refractivity contribution in [1.29, 1.82) is 0 Å². The molecule has 11 nitrogen and oxygen atoms in total. The molecule has 3 atom stereocenters. The van der Waals surface area contributed by atoms with Crippen LogP contribution in [0.3, 0.4) is 0 Å². The van der Waals surface area contributed by atoms with Crippen molar-refractivity contribution in [3.8, 4) is 5.75 Å². The Kier molecular flexibility index (Phi) is 5.80. The van der Waals surface area contributed by atoms with Crippen molar-refractivity contribution in [2.45, 2.75) is 18.5 Å². The zero-order valence-electron chi connectivity index (χ0n) is 15.1. The van der Waals surface area contributed by atoms with Crippen LogP contribution in [0.5, 0.6) is 5.75 Å². The molecule has 4 rings (SSSR count). The number of rotatable bonds is 4. The van der Waals surface area contributed by atoms with E-state index in [1.165, 1.54) is 29.2 Å². The molecular weight excluding hydrogens is 429 g/mol. The Balaban J connectivity index is 0.00000256. The van der Waals surface area contributed by atoms with E-state index in [1.54, 1.807) is 0 Å². The van der Waals surface area contributed by atoms with Gasteiger partial charge in [-0.05, 0) is 24.3 Å². The van der Waals surface area contributed by atoms with Gasteiger partial charge in [0.15, 0.2) is 11.5 Å². The van der Waals surface area contributed by atoms with Crippen LogP contribution in [0.15, 0.2) is 35.7 Å². The first-order chi connectivity index (χ1) is 13.6. The first-order valence-corrected chi connectivity index (χ1v) is 10.4. The maximum atomic E-state index is 12.7. The number of urea groups is 1. The summed E-state index contributed by atoms with van der Waals surface area (Å²) in [6, 6.07) is 3.85. The number of aromatic hydroxyl groups is 1. The van der Waals surface area contributed by atoms with Gasteiger partial charge in [0, 0.05) is 24.6 Å². The second-order valence-electron chi connectivity index (χ2n) is 7.10. The molecule has 0 aromatic heterocycles. The molecule has 3 heterocycles. The minimum absolute atomic E-state index is 0. The molecule has 0 bridgehead atoms. The van der Waals surface area contributed by atoms with Crippen molar-refractivity contribution in [1.82, 2.24) is 9.80 Å². The Bertz CT molecular complexity index is 1060. The van der Waals surface area contributed by atoms with Gasteiger partial charge in [0.2, 0.25) is 0 Å². The van der Waals surface area contributed by atoms with Crippen LogP contribution in [0.25, 0.3) is 0 Å². The van der Waals surface area contributed by atoms with Crippen molar-refractivity contribution in [2.75, 3.05) is 18.1 Å². The van der Waals surface area contributed by atoms with Crippen molar-refractivity contribution in [3.63, 3.8) is 0 Å². The standard InChI is InChI=1S/C17H17N3O8S.Na.H/c1-29(26,27)28-11-6-8-7-19(17(25)18-9-2-4-10(21)5-3-9)14-12(8)20(15(14)22)13(11)16(23)24;;/h2-5,8,12,14,21H,6-7H2,1H3,(H,18,25)(H,23,24);;/t8-,12-,14+;;/m1../s1. The van der Waals surface area contributed by atoms with Gasteiger partial charge in [0.25, 0.3) is 5.91 Å². The molecule has 0 aliphatic carbocycles. The molecule has 2 saturated heterocycles. The number of carbonyl (C=O) groups excluding carboxylic acids is 2. The molecule has 3 aliphatic heterocycles. The Labute approximate surface area is 193 Å². The molecule has 30 heavy (non-hydrogen) atoms. The van der Waals surface area contributed by atoms with E-state index in [0.717, 1.165) is 11.2 Å². The van der Waals surface area contributed by atoms with Gasteiger partial charge < -0.3 is 24.6 Å². The number of allylic oxidation sites excluding steroid dienone is 1. The summed E-state index contributed by atoms with van der Waals surface area (Å²) in [5.41, 5.74) is -0.0875. The maximum absolute atomic E-state index is 12.7. The first-order valence-electron chi connectivity index (χ1n) is 8.62. The van der Waals surface area contributed by atoms with Crippen molar-refractivity contribution < 1.29 is 37.2 Å². The quantitative estimate of drug-likeness (QED) is 0.241. The summed E-state index contributed by atoms with van der Waals surface area (Å²) in [4.78, 5) is 39.3. The van der Waals surface area contributed by atoms with Crippen LogP contribution in [0.1, 0.15) is 6.42 Å². The second-order valence-corrected chi connectivity index (χ2v) is 8.68. The van der Waals surface area contributed by atoms with Gasteiger partial charge in [-0.25, -0.2) is 9.59 Å². The molecule has 156 valence electrons. The van der Waals surface area contributed by atoms with Crippen molar-refractivity contribution >= 4 is 63.3 Å². The van der Waals surface area contributed by atoms with Gasteiger partial charge in [-0.1, -0.05) is 0 Å². The number of carbonyl (C=O) groups is 3. The number of carboxylic acids is 1. The van der Waals surface area contributed by atoms with Gasteiger partial charge in [-0.3, -0.25) is 9.69 Å². The van der Waals surface area contributed by atoms with Crippen LogP contribution in [-0.4, -0.2) is 101 Å². The van der Waals surface area contributed by atoms with Crippen LogP contribution in [0.2, 0.25) is 0 Å². The Morgan fingerprint density at radius 3 is 2.43 bits per heavy atom. The Morgan fingerprint density at radius 2 is 1.87 bits per heavy atom. The molecule has 3 N–H and O–H groups in total. The fraction of sp³-hybridized carbons (Fsp3) is 0.353. The molecular formula is C17H18N3NaO8S. The van der Waals surface area contributed by atoms with Gasteiger partial charge in [-0.15, -0.1) is 0 Å². The molecule has 13 heteroatoms. The van der Waals surface area contributed by atoms with Gasteiger partial charge in [0.1, 0.15) is 11.8 Å². The van der Waals surface area contributed by atoms with Crippen LogP contribution >= 0.6 is 0 Å². The average Bonchev–Trinajstić information content (AvgIpc) is 2.97. The summed E-state index contributed by atoms with van der Waals surface area (Å²) in [7, 11) is -3.99. The van der Waals surface area contributed by atoms with Gasteiger partial charge >= 0.3 is 51.7 Å². The fourth-order valence-electron chi connectivity index (χ4n) is 4.10. The van der Waals surface area contributed by atoms with Crippen LogP contribution in [0, 0.1) is 5.92 Å². The zero-order chi connectivity index (χ0) is 21.1. The normalized spacial score (nSPS) is 24.6. The van der Waals surface area contributed by atoms with E-state index in [9.17, 15) is 33.0 Å².